The fourth-order valence-corrected chi connectivity index (χ4v) is 3.94. The van der Waals surface area contributed by atoms with Gasteiger partial charge >= 0.3 is 0 Å². The fraction of sp³-hybridized carbons (Fsp3) is 0.200. The number of benzene rings is 2. The quantitative estimate of drug-likeness (QED) is 0.772. The summed E-state index contributed by atoms with van der Waals surface area (Å²) in [7, 11) is 0. The van der Waals surface area contributed by atoms with Crippen molar-refractivity contribution in [2.75, 3.05) is 19.2 Å². The molecular formula is C20H17NO5S. The molecule has 2 heterocycles. The van der Waals surface area contributed by atoms with Gasteiger partial charge in [-0.1, -0.05) is 36.4 Å². The van der Waals surface area contributed by atoms with E-state index in [9.17, 15) is 9.59 Å². The van der Waals surface area contributed by atoms with Crippen LogP contribution in [0.3, 0.4) is 0 Å². The Balaban J connectivity index is 1.64. The van der Waals surface area contributed by atoms with Crippen LogP contribution in [0, 0.1) is 0 Å². The van der Waals surface area contributed by atoms with Gasteiger partial charge in [0, 0.05) is 5.75 Å². The number of aliphatic hydroxyl groups excluding tert-OH is 1. The summed E-state index contributed by atoms with van der Waals surface area (Å²) in [5, 5.41) is 9.15. The second-order valence-corrected chi connectivity index (χ2v) is 7.13. The van der Waals surface area contributed by atoms with Crippen molar-refractivity contribution >= 4 is 29.1 Å². The van der Waals surface area contributed by atoms with Crippen LogP contribution in [0.1, 0.15) is 11.1 Å². The first-order chi connectivity index (χ1) is 13.2. The number of hydrogen-bond donors (Lipinski definition) is 1. The van der Waals surface area contributed by atoms with E-state index in [4.69, 9.17) is 14.6 Å². The highest BCUT2D eigenvalue weighted by Gasteiger charge is 2.39. The fourth-order valence-electron chi connectivity index (χ4n) is 3.06. The van der Waals surface area contributed by atoms with Gasteiger partial charge in [0.2, 0.25) is 6.79 Å². The lowest BCUT2D eigenvalue weighted by atomic mass is 10.1. The highest BCUT2D eigenvalue weighted by atomic mass is 32.2. The van der Waals surface area contributed by atoms with Crippen LogP contribution in [0.4, 0.5) is 0 Å². The van der Waals surface area contributed by atoms with Crippen molar-refractivity contribution in [1.29, 1.82) is 0 Å². The number of rotatable bonds is 6. The number of carbonyl (C=O) groups is 2. The van der Waals surface area contributed by atoms with Gasteiger partial charge in [-0.15, -0.1) is 11.8 Å². The first-order valence-electron chi connectivity index (χ1n) is 8.47. The Bertz CT molecular complexity index is 925. The molecule has 0 unspecified atom stereocenters. The minimum absolute atomic E-state index is 0.0696. The molecule has 0 saturated carbocycles. The van der Waals surface area contributed by atoms with Crippen LogP contribution in [0.5, 0.6) is 11.5 Å². The number of amides is 2. The molecule has 0 spiro atoms. The van der Waals surface area contributed by atoms with Crippen LogP contribution in [-0.2, 0) is 16.1 Å². The largest absolute Gasteiger partial charge is 0.454 e. The van der Waals surface area contributed by atoms with E-state index in [0.29, 0.717) is 33.3 Å². The Morgan fingerprint density at radius 3 is 2.56 bits per heavy atom. The predicted molar refractivity (Wildman–Crippen MR) is 101 cm³/mol. The zero-order valence-corrected chi connectivity index (χ0v) is 15.2. The van der Waals surface area contributed by atoms with Crippen LogP contribution >= 0.6 is 11.8 Å². The highest BCUT2D eigenvalue weighted by Crippen LogP contribution is 2.38. The predicted octanol–water partition coefficient (Wildman–Crippen LogP) is 2.42. The van der Waals surface area contributed by atoms with Crippen LogP contribution in [0.15, 0.2) is 53.4 Å². The Hall–Kier alpha value is -2.77. The van der Waals surface area contributed by atoms with Gasteiger partial charge in [0.05, 0.1) is 23.6 Å². The number of hydrogen-bond acceptors (Lipinski definition) is 6. The summed E-state index contributed by atoms with van der Waals surface area (Å²) in [5.74, 6) is 0.944. The Kier molecular flexibility index (Phi) is 4.87. The van der Waals surface area contributed by atoms with Gasteiger partial charge in [-0.2, -0.15) is 0 Å². The van der Waals surface area contributed by atoms with Crippen molar-refractivity contribution < 1.29 is 24.2 Å². The molecule has 2 aliphatic rings. The molecule has 0 atom stereocenters. The van der Waals surface area contributed by atoms with E-state index in [1.807, 2.05) is 36.4 Å². The van der Waals surface area contributed by atoms with Gasteiger partial charge in [0.25, 0.3) is 11.8 Å². The number of thioether (sulfide) groups is 1. The van der Waals surface area contributed by atoms with Crippen molar-refractivity contribution in [3.05, 3.63) is 64.6 Å². The van der Waals surface area contributed by atoms with Crippen LogP contribution < -0.4 is 9.47 Å². The molecule has 2 amide bonds. The first kappa shape index (κ1) is 17.6. The maximum absolute atomic E-state index is 13.0. The average molecular weight is 383 g/mol. The number of carbonyl (C=O) groups excluding carboxylic acids is 2. The molecule has 0 aliphatic carbocycles. The summed E-state index contributed by atoms with van der Waals surface area (Å²) >= 11 is 1.21. The lowest BCUT2D eigenvalue weighted by Gasteiger charge is -2.15. The maximum atomic E-state index is 13.0. The molecular weight excluding hydrogens is 366 g/mol. The lowest BCUT2D eigenvalue weighted by Crippen LogP contribution is -2.31. The van der Waals surface area contributed by atoms with Crippen molar-refractivity contribution in [2.24, 2.45) is 0 Å². The molecule has 0 saturated heterocycles. The number of aliphatic hydroxyl groups is 1. The van der Waals surface area contributed by atoms with E-state index in [0.717, 1.165) is 5.56 Å². The van der Waals surface area contributed by atoms with E-state index in [1.165, 1.54) is 16.7 Å². The molecule has 2 aliphatic heterocycles. The molecule has 138 valence electrons. The van der Waals surface area contributed by atoms with Gasteiger partial charge in [-0.25, -0.2) is 0 Å². The summed E-state index contributed by atoms with van der Waals surface area (Å²) in [6.07, 6.45) is 0. The minimum Gasteiger partial charge on any atom is -0.454 e. The molecule has 27 heavy (non-hydrogen) atoms. The van der Waals surface area contributed by atoms with E-state index in [2.05, 4.69) is 0 Å². The number of ether oxygens (including phenoxy) is 2. The normalized spacial score (nSPS) is 15.8. The molecule has 1 N–H and O–H groups in total. The Labute approximate surface area is 160 Å². The second kappa shape index (κ2) is 7.46. The minimum atomic E-state index is -0.338. The van der Waals surface area contributed by atoms with Crippen molar-refractivity contribution in [2.45, 2.75) is 6.54 Å². The third kappa shape index (κ3) is 3.31. The van der Waals surface area contributed by atoms with Crippen molar-refractivity contribution in [1.82, 2.24) is 4.90 Å². The number of fused-ring (bicyclic) bond motifs is 1. The summed E-state index contributed by atoms with van der Waals surface area (Å²) in [4.78, 5) is 27.6. The molecule has 2 aromatic rings. The van der Waals surface area contributed by atoms with Crippen molar-refractivity contribution in [3.8, 4) is 11.5 Å². The van der Waals surface area contributed by atoms with Gasteiger partial charge in [0.1, 0.15) is 0 Å². The van der Waals surface area contributed by atoms with Gasteiger partial charge in [-0.05, 0) is 23.3 Å². The highest BCUT2D eigenvalue weighted by molar-refractivity contribution is 8.04. The smallest absolute Gasteiger partial charge is 0.268 e. The zero-order valence-electron chi connectivity index (χ0n) is 14.4. The molecule has 0 bridgehead atoms. The summed E-state index contributed by atoms with van der Waals surface area (Å²) in [6.45, 7) is 0.246. The van der Waals surface area contributed by atoms with E-state index < -0.39 is 0 Å². The van der Waals surface area contributed by atoms with Crippen LogP contribution in [0.25, 0.3) is 5.57 Å². The van der Waals surface area contributed by atoms with Gasteiger partial charge in [-0.3, -0.25) is 14.5 Å². The Morgan fingerprint density at radius 2 is 1.78 bits per heavy atom. The third-order valence-corrected chi connectivity index (χ3v) is 5.36. The summed E-state index contributed by atoms with van der Waals surface area (Å²) in [5.41, 5.74) is 1.87. The maximum Gasteiger partial charge on any atom is 0.268 e. The summed E-state index contributed by atoms with van der Waals surface area (Å²) in [6, 6.07) is 14.5. The van der Waals surface area contributed by atoms with Gasteiger partial charge in [0.15, 0.2) is 11.5 Å². The lowest BCUT2D eigenvalue weighted by molar-refractivity contribution is -0.137. The number of nitrogens with zero attached hydrogens (tertiary/aromatic N) is 1. The van der Waals surface area contributed by atoms with Gasteiger partial charge < -0.3 is 14.6 Å². The zero-order chi connectivity index (χ0) is 18.8. The molecule has 6 nitrogen and oxygen atoms in total. The second-order valence-electron chi connectivity index (χ2n) is 6.03. The molecule has 4 rings (SSSR count). The Morgan fingerprint density at radius 1 is 1.00 bits per heavy atom. The summed E-state index contributed by atoms with van der Waals surface area (Å²) < 4.78 is 10.7. The molecule has 7 heteroatoms. The van der Waals surface area contributed by atoms with E-state index >= 15 is 0 Å². The monoisotopic (exact) mass is 383 g/mol. The first-order valence-corrected chi connectivity index (χ1v) is 9.45. The van der Waals surface area contributed by atoms with Crippen LogP contribution in [-0.4, -0.2) is 41.0 Å². The molecule has 2 aromatic carbocycles. The number of imide groups is 1. The average Bonchev–Trinajstić information content (AvgIpc) is 3.25. The van der Waals surface area contributed by atoms with E-state index in [1.54, 1.807) is 12.1 Å². The molecule has 0 aromatic heterocycles. The molecule has 0 fully saturated rings. The topological polar surface area (TPSA) is 76.1 Å². The third-order valence-electron chi connectivity index (χ3n) is 4.30. The SMILES string of the molecule is O=C1C(SCCO)=C(c2ccccc2)C(=O)N1Cc1ccc2c(c1)OCO2. The van der Waals surface area contributed by atoms with Crippen LogP contribution in [0.2, 0.25) is 0 Å². The van der Waals surface area contributed by atoms with Crippen molar-refractivity contribution in [3.63, 3.8) is 0 Å². The molecule has 0 radical (unpaired) electrons. The standard InChI is InChI=1S/C20H17NO5S/c22-8-9-27-18-17(14-4-2-1-3-5-14)19(23)21(20(18)24)11-13-6-7-15-16(10-13)26-12-25-15/h1-7,10,22H,8-9,11-12H2. The van der Waals surface area contributed by atoms with E-state index in [-0.39, 0.29) is 31.8 Å².